The average Bonchev–Trinajstić information content (AvgIpc) is 1.65. The Bertz CT molecular complexity index is 71.9. The van der Waals surface area contributed by atoms with Crippen molar-refractivity contribution >= 4 is 28.5 Å². The van der Waals surface area contributed by atoms with E-state index in [1.807, 2.05) is 0 Å². The van der Waals surface area contributed by atoms with E-state index in [4.69, 9.17) is 4.91 Å². The van der Waals surface area contributed by atoms with Gasteiger partial charge in [-0.3, -0.25) is 4.79 Å². The first-order chi connectivity index (χ1) is 2.81. The van der Waals surface area contributed by atoms with Crippen LogP contribution in [-0.2, 0) is 4.79 Å². The molecular weight excluding hydrogens is 197 g/mol. The maximum absolute atomic E-state index is 9.69. The summed E-state index contributed by atoms with van der Waals surface area (Å²) in [5.41, 5.74) is 0. The van der Waals surface area contributed by atoms with Crippen molar-refractivity contribution in [3.63, 3.8) is 0 Å². The van der Waals surface area contributed by atoms with Gasteiger partial charge >= 0.3 is 0 Å². The van der Waals surface area contributed by atoms with Gasteiger partial charge in [-0.2, -0.15) is 0 Å². The predicted octanol–water partition coefficient (Wildman–Crippen LogP) is 0.714. The first-order valence-electron chi connectivity index (χ1n) is 1.23. The topological polar surface area (TPSA) is 46.5 Å². The van der Waals surface area contributed by atoms with E-state index in [1.54, 1.807) is 22.6 Å². The zero-order valence-electron chi connectivity index (χ0n) is 2.85. The molecule has 6 heavy (non-hydrogen) atoms. The largest absolute Gasteiger partial charge is 0.295 e. The standard InChI is InChI=1S/C2H2INO2/c3-1-2(5)4-6/h1H2. The monoisotopic (exact) mass is 199 g/mol. The Morgan fingerprint density at radius 3 is 2.33 bits per heavy atom. The molecule has 0 fully saturated rings. The lowest BCUT2D eigenvalue weighted by Gasteiger charge is -1.68. The molecule has 0 rings (SSSR count). The van der Waals surface area contributed by atoms with Crippen LogP contribution in [-0.4, -0.2) is 10.3 Å². The zero-order valence-corrected chi connectivity index (χ0v) is 5.01. The molecule has 0 aliphatic heterocycles. The quantitative estimate of drug-likeness (QED) is 0.354. The minimum absolute atomic E-state index is 0.182. The molecule has 0 radical (unpaired) electrons. The molecule has 0 spiro atoms. The third-order valence-corrected chi connectivity index (χ3v) is 0.869. The summed E-state index contributed by atoms with van der Waals surface area (Å²) in [6.07, 6.45) is 0. The third kappa shape index (κ3) is 2.25. The van der Waals surface area contributed by atoms with E-state index in [0.717, 1.165) is 0 Å². The molecule has 0 saturated carbocycles. The van der Waals surface area contributed by atoms with Gasteiger partial charge in [0.25, 0.3) is 5.91 Å². The normalized spacial score (nSPS) is 7.50. The van der Waals surface area contributed by atoms with Crippen LogP contribution in [0.4, 0.5) is 0 Å². The van der Waals surface area contributed by atoms with Crippen LogP contribution < -0.4 is 0 Å². The first kappa shape index (κ1) is 6.00. The van der Waals surface area contributed by atoms with Crippen LogP contribution >= 0.6 is 22.6 Å². The molecule has 0 heterocycles. The molecular formula is C2H2INO2. The van der Waals surface area contributed by atoms with Gasteiger partial charge in [0.2, 0.25) is 0 Å². The fraction of sp³-hybridized carbons (Fsp3) is 0.500. The van der Waals surface area contributed by atoms with Crippen molar-refractivity contribution in [2.24, 2.45) is 5.18 Å². The highest BCUT2D eigenvalue weighted by molar-refractivity contribution is 14.1. The highest BCUT2D eigenvalue weighted by Crippen LogP contribution is 1.81. The van der Waals surface area contributed by atoms with Crippen molar-refractivity contribution in [3.8, 4) is 0 Å². The summed E-state index contributed by atoms with van der Waals surface area (Å²) in [4.78, 5) is 18.8. The summed E-state index contributed by atoms with van der Waals surface area (Å²) in [6, 6.07) is 0. The number of halogens is 1. The van der Waals surface area contributed by atoms with Gasteiger partial charge in [-0.1, -0.05) is 22.6 Å². The number of carbonyl (C=O) groups is 1. The number of amides is 1. The fourth-order valence-electron chi connectivity index (χ4n) is 0.0244. The summed E-state index contributed by atoms with van der Waals surface area (Å²) in [6.45, 7) is 0. The summed E-state index contributed by atoms with van der Waals surface area (Å²) in [5, 5.41) is 2.11. The second-order valence-corrected chi connectivity index (χ2v) is 1.38. The molecule has 0 aliphatic rings. The van der Waals surface area contributed by atoms with Gasteiger partial charge in [-0.05, 0) is 0 Å². The second-order valence-electron chi connectivity index (χ2n) is 0.619. The van der Waals surface area contributed by atoms with Crippen LogP contribution in [0.15, 0.2) is 5.18 Å². The smallest absolute Gasteiger partial charge is 0.268 e. The van der Waals surface area contributed by atoms with E-state index < -0.39 is 5.91 Å². The fourth-order valence-corrected chi connectivity index (χ4v) is 0.164. The number of hydrogen-bond donors (Lipinski definition) is 0. The van der Waals surface area contributed by atoms with E-state index in [9.17, 15) is 4.79 Å². The van der Waals surface area contributed by atoms with Crippen molar-refractivity contribution in [3.05, 3.63) is 4.91 Å². The molecule has 0 aromatic heterocycles. The molecule has 3 nitrogen and oxygen atoms in total. The average molecular weight is 199 g/mol. The predicted molar refractivity (Wildman–Crippen MR) is 29.7 cm³/mol. The van der Waals surface area contributed by atoms with Gasteiger partial charge in [0.15, 0.2) is 0 Å². The highest BCUT2D eigenvalue weighted by atomic mass is 127. The number of alkyl halides is 1. The summed E-state index contributed by atoms with van der Waals surface area (Å²) >= 11 is 1.77. The summed E-state index contributed by atoms with van der Waals surface area (Å²) in [7, 11) is 0. The maximum atomic E-state index is 9.69. The number of hydrogen-bond acceptors (Lipinski definition) is 2. The van der Waals surface area contributed by atoms with Gasteiger partial charge in [0.05, 0.1) is 4.43 Å². The van der Waals surface area contributed by atoms with Crippen LogP contribution in [0.2, 0.25) is 0 Å². The van der Waals surface area contributed by atoms with Gasteiger partial charge in [-0.15, -0.1) is 4.91 Å². The molecule has 4 heteroatoms. The molecule has 0 aromatic rings. The molecule has 0 aromatic carbocycles. The van der Waals surface area contributed by atoms with Gasteiger partial charge in [0, 0.05) is 5.18 Å². The zero-order chi connectivity index (χ0) is 4.99. The lowest BCUT2D eigenvalue weighted by molar-refractivity contribution is -0.115. The van der Waals surface area contributed by atoms with Crippen LogP contribution in [0.1, 0.15) is 0 Å². The highest BCUT2D eigenvalue weighted by Gasteiger charge is 1.90. The van der Waals surface area contributed by atoms with Crippen molar-refractivity contribution < 1.29 is 4.79 Å². The molecule has 34 valence electrons. The number of nitrogens with zero attached hydrogens (tertiary/aromatic N) is 1. The number of rotatable bonds is 1. The van der Waals surface area contributed by atoms with Crippen LogP contribution in [0.5, 0.6) is 0 Å². The molecule has 0 unspecified atom stereocenters. The molecule has 0 saturated heterocycles. The third-order valence-electron chi connectivity index (χ3n) is 0.216. The lowest BCUT2D eigenvalue weighted by atomic mass is 10.8. The summed E-state index contributed by atoms with van der Waals surface area (Å²) in [5.74, 6) is -0.601. The Hall–Kier alpha value is 0. The lowest BCUT2D eigenvalue weighted by Crippen LogP contribution is -1.88. The minimum atomic E-state index is -0.601. The Balaban J connectivity index is 3.23. The maximum Gasteiger partial charge on any atom is 0.295 e. The van der Waals surface area contributed by atoms with Crippen LogP contribution in [0, 0.1) is 4.91 Å². The van der Waals surface area contributed by atoms with Crippen molar-refractivity contribution in [1.29, 1.82) is 0 Å². The Kier molecular flexibility index (Phi) is 3.20. The molecule has 1 amide bonds. The van der Waals surface area contributed by atoms with Crippen molar-refractivity contribution in [2.75, 3.05) is 4.43 Å². The minimum Gasteiger partial charge on any atom is -0.268 e. The van der Waals surface area contributed by atoms with Gasteiger partial charge in [0.1, 0.15) is 0 Å². The van der Waals surface area contributed by atoms with E-state index in [2.05, 4.69) is 5.18 Å². The molecule has 0 aliphatic carbocycles. The summed E-state index contributed by atoms with van der Waals surface area (Å²) < 4.78 is 0.182. The van der Waals surface area contributed by atoms with E-state index in [-0.39, 0.29) is 4.43 Å². The van der Waals surface area contributed by atoms with Crippen LogP contribution in [0.3, 0.4) is 0 Å². The number of carbonyl (C=O) groups excluding carboxylic acids is 1. The first-order valence-corrected chi connectivity index (χ1v) is 2.76. The number of nitroso groups, excluding NO2 is 1. The van der Waals surface area contributed by atoms with Crippen molar-refractivity contribution in [2.45, 2.75) is 0 Å². The molecule has 0 atom stereocenters. The van der Waals surface area contributed by atoms with Crippen molar-refractivity contribution in [1.82, 2.24) is 0 Å². The SMILES string of the molecule is O=NC(=O)CI. The Labute approximate surface area is 48.2 Å². The van der Waals surface area contributed by atoms with Crippen LogP contribution in [0.25, 0.3) is 0 Å². The molecule has 0 N–H and O–H groups in total. The van der Waals surface area contributed by atoms with Gasteiger partial charge < -0.3 is 0 Å². The van der Waals surface area contributed by atoms with Gasteiger partial charge in [-0.25, -0.2) is 0 Å². The second kappa shape index (κ2) is 3.20. The van der Waals surface area contributed by atoms with E-state index >= 15 is 0 Å². The molecule has 0 bridgehead atoms. The Morgan fingerprint density at radius 2 is 2.33 bits per heavy atom. The van der Waals surface area contributed by atoms with E-state index in [0.29, 0.717) is 0 Å². The van der Waals surface area contributed by atoms with E-state index in [1.165, 1.54) is 0 Å². The Morgan fingerprint density at radius 1 is 1.83 bits per heavy atom.